The van der Waals surface area contributed by atoms with Crippen molar-refractivity contribution >= 4 is 29.2 Å². The number of hydrogen-bond donors (Lipinski definition) is 1. The van der Waals surface area contributed by atoms with Gasteiger partial charge in [-0.1, -0.05) is 29.8 Å². The van der Waals surface area contributed by atoms with E-state index in [0.717, 1.165) is 49.0 Å². The molecule has 32 heavy (non-hydrogen) atoms. The maximum atomic E-state index is 13.5. The molecule has 1 N–H and O–H groups in total. The molecule has 2 aromatic heterocycles. The van der Waals surface area contributed by atoms with Crippen molar-refractivity contribution in [2.24, 2.45) is 5.92 Å². The fourth-order valence-electron chi connectivity index (χ4n) is 4.60. The molecule has 1 fully saturated rings. The van der Waals surface area contributed by atoms with Gasteiger partial charge in [-0.15, -0.1) is 0 Å². The molecule has 0 radical (unpaired) electrons. The van der Waals surface area contributed by atoms with Crippen molar-refractivity contribution in [3.05, 3.63) is 70.6 Å². The monoisotopic (exact) mass is 449 g/mol. The molecular weight excluding hydrogens is 426 g/mol. The molecule has 0 spiro atoms. The predicted octanol–water partition coefficient (Wildman–Crippen LogP) is 3.90. The standard InChI is InChI=1S/C24H24ClN5O2/c25-17-11-12-21(26-14-17)27-23(31)16-6-5-13-29(15-16)24(32)22-19-9-4-10-20(19)30(28-22)18-7-2-1-3-8-18/h1-3,7-8,11-12,14,16H,4-6,9-10,13,15H2,(H,26,27,31). The Kier molecular flexibility index (Phi) is 5.66. The zero-order valence-electron chi connectivity index (χ0n) is 17.6. The Bertz CT molecular complexity index is 1140. The van der Waals surface area contributed by atoms with Gasteiger partial charge in [-0.3, -0.25) is 9.59 Å². The van der Waals surface area contributed by atoms with Gasteiger partial charge in [-0.2, -0.15) is 5.10 Å². The SMILES string of the molecule is O=C(Nc1ccc(Cl)cn1)C1CCCN(C(=O)c2nn(-c3ccccc3)c3c2CCC3)C1. The largest absolute Gasteiger partial charge is 0.336 e. The Morgan fingerprint density at radius 3 is 2.69 bits per heavy atom. The first-order chi connectivity index (χ1) is 15.6. The van der Waals surface area contributed by atoms with Gasteiger partial charge in [-0.25, -0.2) is 9.67 Å². The molecule has 164 valence electrons. The first-order valence-electron chi connectivity index (χ1n) is 11.0. The quantitative estimate of drug-likeness (QED) is 0.655. The van der Waals surface area contributed by atoms with E-state index in [2.05, 4.69) is 10.3 Å². The number of para-hydroxylation sites is 1. The average molecular weight is 450 g/mol. The number of nitrogens with one attached hydrogen (secondary N) is 1. The van der Waals surface area contributed by atoms with Crippen molar-refractivity contribution in [1.82, 2.24) is 19.7 Å². The summed E-state index contributed by atoms with van der Waals surface area (Å²) < 4.78 is 1.91. The fraction of sp³-hybridized carbons (Fsp3) is 0.333. The smallest absolute Gasteiger partial charge is 0.274 e. The molecule has 2 amide bonds. The number of nitrogens with zero attached hydrogens (tertiary/aromatic N) is 4. The lowest BCUT2D eigenvalue weighted by Crippen LogP contribution is -2.44. The van der Waals surface area contributed by atoms with E-state index in [-0.39, 0.29) is 17.7 Å². The highest BCUT2D eigenvalue weighted by Crippen LogP contribution is 2.29. The summed E-state index contributed by atoms with van der Waals surface area (Å²) in [6.07, 6.45) is 5.82. The highest BCUT2D eigenvalue weighted by molar-refractivity contribution is 6.30. The first kappa shape index (κ1) is 20.7. The molecule has 0 bridgehead atoms. The van der Waals surface area contributed by atoms with Crippen LogP contribution in [0.3, 0.4) is 0 Å². The van der Waals surface area contributed by atoms with Gasteiger partial charge in [0.2, 0.25) is 5.91 Å². The van der Waals surface area contributed by atoms with Crippen molar-refractivity contribution in [3.8, 4) is 5.69 Å². The number of fused-ring (bicyclic) bond motifs is 1. The molecule has 1 saturated heterocycles. The fourth-order valence-corrected chi connectivity index (χ4v) is 4.71. The van der Waals surface area contributed by atoms with Crippen molar-refractivity contribution in [2.45, 2.75) is 32.1 Å². The number of anilines is 1. The third kappa shape index (κ3) is 4.00. The lowest BCUT2D eigenvalue weighted by atomic mass is 9.96. The number of aromatic nitrogens is 3. The number of carbonyl (C=O) groups is 2. The van der Waals surface area contributed by atoms with E-state index in [4.69, 9.17) is 16.7 Å². The van der Waals surface area contributed by atoms with Crippen LogP contribution in [0.5, 0.6) is 0 Å². The van der Waals surface area contributed by atoms with E-state index in [9.17, 15) is 9.59 Å². The lowest BCUT2D eigenvalue weighted by molar-refractivity contribution is -0.121. The summed E-state index contributed by atoms with van der Waals surface area (Å²) in [4.78, 5) is 32.2. The predicted molar refractivity (Wildman–Crippen MR) is 122 cm³/mol. The third-order valence-corrected chi connectivity index (χ3v) is 6.42. The summed E-state index contributed by atoms with van der Waals surface area (Å²) in [6.45, 7) is 1.01. The van der Waals surface area contributed by atoms with Crippen LogP contribution < -0.4 is 5.32 Å². The number of hydrogen-bond acceptors (Lipinski definition) is 4. The van der Waals surface area contributed by atoms with Gasteiger partial charge in [0.25, 0.3) is 5.91 Å². The van der Waals surface area contributed by atoms with Crippen LogP contribution in [-0.4, -0.2) is 44.6 Å². The molecule has 5 rings (SSSR count). The van der Waals surface area contributed by atoms with Gasteiger partial charge in [0, 0.05) is 30.5 Å². The van der Waals surface area contributed by atoms with Crippen LogP contribution in [0.15, 0.2) is 48.7 Å². The van der Waals surface area contributed by atoms with Gasteiger partial charge < -0.3 is 10.2 Å². The number of halogens is 1. The molecule has 7 nitrogen and oxygen atoms in total. The second kappa shape index (κ2) is 8.74. The molecule has 3 heterocycles. The van der Waals surface area contributed by atoms with E-state index in [1.165, 1.54) is 6.20 Å². The highest BCUT2D eigenvalue weighted by atomic mass is 35.5. The Balaban J connectivity index is 1.34. The minimum absolute atomic E-state index is 0.0834. The van der Waals surface area contributed by atoms with Crippen LogP contribution in [0, 0.1) is 5.92 Å². The zero-order valence-corrected chi connectivity index (χ0v) is 18.4. The Labute approximate surface area is 191 Å². The molecule has 1 aliphatic heterocycles. The number of piperidine rings is 1. The summed E-state index contributed by atoms with van der Waals surface area (Å²) >= 11 is 5.86. The van der Waals surface area contributed by atoms with E-state index in [0.29, 0.717) is 29.6 Å². The lowest BCUT2D eigenvalue weighted by Gasteiger charge is -2.31. The molecule has 1 unspecified atom stereocenters. The minimum atomic E-state index is -0.283. The maximum Gasteiger partial charge on any atom is 0.274 e. The summed E-state index contributed by atoms with van der Waals surface area (Å²) in [6, 6.07) is 13.3. The van der Waals surface area contributed by atoms with Crippen LogP contribution in [0.2, 0.25) is 5.02 Å². The normalized spacial score (nSPS) is 17.8. The van der Waals surface area contributed by atoms with E-state index >= 15 is 0 Å². The zero-order chi connectivity index (χ0) is 22.1. The topological polar surface area (TPSA) is 80.1 Å². The molecule has 1 aromatic carbocycles. The maximum absolute atomic E-state index is 13.5. The Morgan fingerprint density at radius 2 is 1.91 bits per heavy atom. The summed E-state index contributed by atoms with van der Waals surface area (Å²) in [5.74, 6) is -0.0333. The number of rotatable bonds is 4. The molecule has 1 aliphatic carbocycles. The number of pyridine rings is 1. The summed E-state index contributed by atoms with van der Waals surface area (Å²) in [7, 11) is 0. The Hall–Kier alpha value is -3.19. The van der Waals surface area contributed by atoms with E-state index < -0.39 is 0 Å². The van der Waals surface area contributed by atoms with Crippen LogP contribution >= 0.6 is 11.6 Å². The van der Waals surface area contributed by atoms with Crippen molar-refractivity contribution in [1.29, 1.82) is 0 Å². The third-order valence-electron chi connectivity index (χ3n) is 6.19. The number of carbonyl (C=O) groups excluding carboxylic acids is 2. The second-order valence-corrected chi connectivity index (χ2v) is 8.75. The molecule has 0 saturated carbocycles. The minimum Gasteiger partial charge on any atom is -0.336 e. The van der Waals surface area contributed by atoms with Crippen LogP contribution in [-0.2, 0) is 17.6 Å². The van der Waals surface area contributed by atoms with Gasteiger partial charge in [0.05, 0.1) is 16.6 Å². The van der Waals surface area contributed by atoms with Gasteiger partial charge in [0.15, 0.2) is 5.69 Å². The molecule has 8 heteroatoms. The number of likely N-dealkylation sites (tertiary alicyclic amines) is 1. The van der Waals surface area contributed by atoms with Crippen molar-refractivity contribution in [3.63, 3.8) is 0 Å². The van der Waals surface area contributed by atoms with Crippen LogP contribution in [0.25, 0.3) is 5.69 Å². The highest BCUT2D eigenvalue weighted by Gasteiger charge is 2.33. The molecule has 3 aromatic rings. The van der Waals surface area contributed by atoms with Gasteiger partial charge in [-0.05, 0) is 56.4 Å². The van der Waals surface area contributed by atoms with Crippen LogP contribution in [0.1, 0.15) is 41.0 Å². The van der Waals surface area contributed by atoms with Crippen molar-refractivity contribution < 1.29 is 9.59 Å². The van der Waals surface area contributed by atoms with E-state index in [1.807, 2.05) is 35.0 Å². The summed E-state index contributed by atoms with van der Waals surface area (Å²) in [5.41, 5.74) is 3.67. The average Bonchev–Trinajstić information content (AvgIpc) is 3.44. The van der Waals surface area contributed by atoms with Crippen LogP contribution in [0.4, 0.5) is 5.82 Å². The second-order valence-electron chi connectivity index (χ2n) is 8.32. The van der Waals surface area contributed by atoms with E-state index in [1.54, 1.807) is 17.0 Å². The van der Waals surface area contributed by atoms with Gasteiger partial charge >= 0.3 is 0 Å². The molecule has 1 atom stereocenters. The summed E-state index contributed by atoms with van der Waals surface area (Å²) in [5, 5.41) is 8.08. The molecule has 2 aliphatic rings. The Morgan fingerprint density at radius 1 is 1.06 bits per heavy atom. The van der Waals surface area contributed by atoms with Crippen molar-refractivity contribution in [2.75, 3.05) is 18.4 Å². The number of benzene rings is 1. The number of amides is 2. The molecular formula is C24H24ClN5O2. The van der Waals surface area contributed by atoms with Gasteiger partial charge in [0.1, 0.15) is 5.82 Å². The first-order valence-corrected chi connectivity index (χ1v) is 11.4.